The second-order valence-corrected chi connectivity index (χ2v) is 6.49. The molecule has 0 radical (unpaired) electrons. The van der Waals surface area contributed by atoms with Gasteiger partial charge in [0.1, 0.15) is 4.90 Å². The molecule has 0 amide bonds. The Balaban J connectivity index is 0.000000471. The minimum Gasteiger partial charge on any atom is -0.378 e. The molecule has 0 bridgehead atoms. The highest BCUT2D eigenvalue weighted by Crippen LogP contribution is 2.27. The molecule has 0 aliphatic carbocycles. The molecule has 3 rings (SSSR count). The fourth-order valence-electron chi connectivity index (χ4n) is 2.02. The molecule has 0 N–H and O–H groups in total. The van der Waals surface area contributed by atoms with Crippen molar-refractivity contribution in [1.82, 2.24) is 0 Å². The molecule has 0 fully saturated rings. The quantitative estimate of drug-likeness (QED) is 0.663. The van der Waals surface area contributed by atoms with E-state index in [9.17, 15) is 8.42 Å². The Hall–Kier alpha value is -2.71. The van der Waals surface area contributed by atoms with Crippen LogP contribution in [0.3, 0.4) is 0 Å². The molecule has 0 aliphatic rings. The molecule has 8 heteroatoms. The average Bonchev–Trinajstić information content (AvgIpc) is 2.55. The van der Waals surface area contributed by atoms with Crippen molar-refractivity contribution in [2.24, 2.45) is 0 Å². The Morgan fingerprint density at radius 1 is 0.708 bits per heavy atom. The summed E-state index contributed by atoms with van der Waals surface area (Å²) in [6, 6.07) is 21.0. The highest BCUT2D eigenvalue weighted by atomic mass is 32.2. The summed E-state index contributed by atoms with van der Waals surface area (Å²) in [4.78, 5) is 0.146. The van der Waals surface area contributed by atoms with Crippen molar-refractivity contribution < 1.29 is 25.2 Å². The summed E-state index contributed by atoms with van der Waals surface area (Å²) < 4.78 is 55.1. The summed E-state index contributed by atoms with van der Waals surface area (Å²) in [7, 11) is -6.92. The Morgan fingerprint density at radius 3 is 1.92 bits per heavy atom. The molecule has 0 aliphatic heterocycles. The van der Waals surface area contributed by atoms with Crippen LogP contribution in [0.15, 0.2) is 77.7 Å². The standard InChI is InChI=1S/C16H12O3S.O3S/c17-20(18,14-9-2-1-3-10-14)19-16-12-6-8-13-7-4-5-11-15(13)16;1-4(2)3/h1-12H;. The summed E-state index contributed by atoms with van der Waals surface area (Å²) >= 11 is 0. The van der Waals surface area contributed by atoms with Crippen molar-refractivity contribution in [3.63, 3.8) is 0 Å². The fourth-order valence-corrected chi connectivity index (χ4v) is 2.99. The van der Waals surface area contributed by atoms with Gasteiger partial charge >= 0.3 is 20.7 Å². The zero-order chi connectivity index (χ0) is 17.6. The third-order valence-corrected chi connectivity index (χ3v) is 4.23. The minimum atomic E-state index is -3.80. The van der Waals surface area contributed by atoms with E-state index in [4.69, 9.17) is 16.8 Å². The van der Waals surface area contributed by atoms with Crippen molar-refractivity contribution in [3.05, 3.63) is 72.8 Å². The van der Waals surface area contributed by atoms with E-state index in [0.717, 1.165) is 10.8 Å². The lowest BCUT2D eigenvalue weighted by Crippen LogP contribution is -2.09. The van der Waals surface area contributed by atoms with Crippen LogP contribution in [0.5, 0.6) is 5.75 Å². The van der Waals surface area contributed by atoms with Gasteiger partial charge in [0, 0.05) is 5.39 Å². The van der Waals surface area contributed by atoms with Gasteiger partial charge in [-0.15, -0.1) is 12.6 Å². The smallest absolute Gasteiger partial charge is 0.378 e. The summed E-state index contributed by atoms with van der Waals surface area (Å²) in [5, 5.41) is 1.71. The third-order valence-electron chi connectivity index (χ3n) is 2.98. The first kappa shape index (κ1) is 17.6. The highest BCUT2D eigenvalue weighted by Gasteiger charge is 2.17. The van der Waals surface area contributed by atoms with Crippen LogP contribution in [0.4, 0.5) is 0 Å². The highest BCUT2D eigenvalue weighted by molar-refractivity contribution is 7.87. The molecule has 0 saturated heterocycles. The van der Waals surface area contributed by atoms with Crippen LogP contribution in [-0.4, -0.2) is 21.0 Å². The summed E-state index contributed by atoms with van der Waals surface area (Å²) in [5.74, 6) is 0.340. The lowest BCUT2D eigenvalue weighted by molar-refractivity contribution is 0.488. The Morgan fingerprint density at radius 2 is 1.25 bits per heavy atom. The van der Waals surface area contributed by atoms with Crippen molar-refractivity contribution in [3.8, 4) is 5.75 Å². The van der Waals surface area contributed by atoms with Gasteiger partial charge < -0.3 is 4.18 Å². The van der Waals surface area contributed by atoms with Gasteiger partial charge in [0.2, 0.25) is 0 Å². The first-order chi connectivity index (χ1) is 11.4. The molecule has 24 heavy (non-hydrogen) atoms. The van der Waals surface area contributed by atoms with Crippen LogP contribution < -0.4 is 4.18 Å². The number of hydrogen-bond donors (Lipinski definition) is 0. The maximum atomic E-state index is 12.2. The van der Waals surface area contributed by atoms with Gasteiger partial charge in [-0.2, -0.15) is 8.42 Å². The molecule has 0 aromatic heterocycles. The first-order valence-corrected chi connectivity index (χ1v) is 9.05. The second-order valence-electron chi connectivity index (χ2n) is 4.53. The zero-order valence-corrected chi connectivity index (χ0v) is 13.8. The molecule has 0 saturated carbocycles. The molecular weight excluding hydrogens is 352 g/mol. The maximum Gasteiger partial charge on any atom is 0.425 e. The Labute approximate surface area is 140 Å². The van der Waals surface area contributed by atoms with Gasteiger partial charge in [-0.1, -0.05) is 54.6 Å². The van der Waals surface area contributed by atoms with Crippen LogP contribution in [-0.2, 0) is 20.7 Å². The molecule has 0 unspecified atom stereocenters. The van der Waals surface area contributed by atoms with Crippen LogP contribution in [0.25, 0.3) is 10.8 Å². The monoisotopic (exact) mass is 364 g/mol. The SMILES string of the molecule is O=S(=O)(Oc1cccc2ccccc12)c1ccccc1.O=S(=O)=O. The normalized spacial score (nSPS) is 10.5. The van der Waals surface area contributed by atoms with E-state index in [1.807, 2.05) is 30.3 Å². The number of fused-ring (bicyclic) bond motifs is 1. The summed E-state index contributed by atoms with van der Waals surface area (Å²) in [5.41, 5.74) is 0. The largest absolute Gasteiger partial charge is 0.425 e. The van der Waals surface area contributed by atoms with Crippen LogP contribution >= 0.6 is 0 Å². The lowest BCUT2D eigenvalue weighted by Gasteiger charge is -2.09. The first-order valence-electron chi connectivity index (χ1n) is 6.64. The maximum absolute atomic E-state index is 12.2. The van der Waals surface area contributed by atoms with E-state index in [1.165, 1.54) is 12.1 Å². The van der Waals surface area contributed by atoms with Crippen molar-refractivity contribution in [1.29, 1.82) is 0 Å². The summed E-state index contributed by atoms with van der Waals surface area (Å²) in [6.45, 7) is 0. The fraction of sp³-hybridized carbons (Fsp3) is 0. The second kappa shape index (κ2) is 7.71. The molecular formula is C16H12O6S2. The van der Waals surface area contributed by atoms with E-state index in [0.29, 0.717) is 5.75 Å². The van der Waals surface area contributed by atoms with Gasteiger partial charge in [0.05, 0.1) is 0 Å². The van der Waals surface area contributed by atoms with Gasteiger partial charge in [0.25, 0.3) is 0 Å². The van der Waals surface area contributed by atoms with Crippen molar-refractivity contribution >= 4 is 31.5 Å². The molecule has 0 spiro atoms. The van der Waals surface area contributed by atoms with Crippen LogP contribution in [0.1, 0.15) is 0 Å². The molecule has 3 aromatic carbocycles. The zero-order valence-electron chi connectivity index (χ0n) is 12.2. The molecule has 3 aromatic rings. The van der Waals surface area contributed by atoms with E-state index in [-0.39, 0.29) is 4.90 Å². The van der Waals surface area contributed by atoms with E-state index in [1.54, 1.807) is 30.3 Å². The van der Waals surface area contributed by atoms with Gasteiger partial charge in [-0.05, 0) is 23.6 Å². The molecule has 6 nitrogen and oxygen atoms in total. The van der Waals surface area contributed by atoms with Crippen LogP contribution in [0, 0.1) is 0 Å². The van der Waals surface area contributed by atoms with Crippen molar-refractivity contribution in [2.75, 3.05) is 0 Å². The molecule has 0 atom stereocenters. The topological polar surface area (TPSA) is 94.6 Å². The minimum absolute atomic E-state index is 0.146. The Kier molecular flexibility index (Phi) is 5.67. The molecule has 0 heterocycles. The number of hydrogen-bond acceptors (Lipinski definition) is 6. The average molecular weight is 364 g/mol. The van der Waals surface area contributed by atoms with E-state index < -0.39 is 20.7 Å². The van der Waals surface area contributed by atoms with E-state index in [2.05, 4.69) is 0 Å². The predicted molar refractivity (Wildman–Crippen MR) is 87.9 cm³/mol. The molecule has 124 valence electrons. The predicted octanol–water partition coefficient (Wildman–Crippen LogP) is 2.60. The summed E-state index contributed by atoms with van der Waals surface area (Å²) in [6.07, 6.45) is 0. The number of rotatable bonds is 3. The van der Waals surface area contributed by atoms with Crippen molar-refractivity contribution in [2.45, 2.75) is 4.90 Å². The third kappa shape index (κ3) is 4.64. The van der Waals surface area contributed by atoms with E-state index >= 15 is 0 Å². The van der Waals surface area contributed by atoms with Crippen LogP contribution in [0.2, 0.25) is 0 Å². The number of benzene rings is 3. The van der Waals surface area contributed by atoms with Gasteiger partial charge in [-0.25, -0.2) is 0 Å². The van der Waals surface area contributed by atoms with Gasteiger partial charge in [-0.3, -0.25) is 0 Å². The van der Waals surface area contributed by atoms with Gasteiger partial charge in [0.15, 0.2) is 5.75 Å². The lowest BCUT2D eigenvalue weighted by atomic mass is 10.1. The Bertz CT molecular complexity index is 1030.